The molecule has 3 N–H and O–H groups in total. The molecule has 1 aromatic carbocycles. The van der Waals surface area contributed by atoms with E-state index in [1.165, 1.54) is 0 Å². The highest BCUT2D eigenvalue weighted by molar-refractivity contribution is 9.10. The number of nitrogens with zero attached hydrogens (tertiary/aromatic N) is 1. The van der Waals surface area contributed by atoms with Crippen LogP contribution in [0.25, 0.3) is 11.0 Å². The maximum atomic E-state index is 5.69. The molecular formula is C7H6BrN3. The number of aromatic nitrogens is 2. The quantitative estimate of drug-likeness (QED) is 0.655. The van der Waals surface area contributed by atoms with Crippen molar-refractivity contribution >= 4 is 32.7 Å². The van der Waals surface area contributed by atoms with Crippen LogP contribution in [0, 0.1) is 0 Å². The lowest BCUT2D eigenvalue weighted by atomic mass is 10.3. The highest BCUT2D eigenvalue weighted by Gasteiger charge is 2.00. The van der Waals surface area contributed by atoms with E-state index in [1.54, 1.807) is 6.33 Å². The normalized spacial score (nSPS) is 10.6. The molecular weight excluding hydrogens is 206 g/mol. The van der Waals surface area contributed by atoms with E-state index in [4.69, 9.17) is 5.73 Å². The summed E-state index contributed by atoms with van der Waals surface area (Å²) >= 11 is 3.34. The number of nitrogens with two attached hydrogens (primary N) is 1. The van der Waals surface area contributed by atoms with Crippen molar-refractivity contribution < 1.29 is 0 Å². The van der Waals surface area contributed by atoms with Gasteiger partial charge in [0.15, 0.2) is 0 Å². The third-order valence-electron chi connectivity index (χ3n) is 1.52. The van der Waals surface area contributed by atoms with E-state index in [9.17, 15) is 0 Å². The van der Waals surface area contributed by atoms with Gasteiger partial charge in [-0.2, -0.15) is 0 Å². The van der Waals surface area contributed by atoms with Crippen LogP contribution in [0.1, 0.15) is 0 Å². The van der Waals surface area contributed by atoms with Crippen molar-refractivity contribution in [3.63, 3.8) is 0 Å². The number of benzene rings is 1. The second-order valence-corrected chi connectivity index (χ2v) is 3.21. The molecule has 0 unspecified atom stereocenters. The summed E-state index contributed by atoms with van der Waals surface area (Å²) in [6.07, 6.45) is 1.63. The monoisotopic (exact) mass is 211 g/mol. The van der Waals surface area contributed by atoms with Crippen molar-refractivity contribution in [3.05, 3.63) is 22.9 Å². The third-order valence-corrected chi connectivity index (χ3v) is 1.98. The third kappa shape index (κ3) is 0.991. The molecule has 0 aliphatic heterocycles. The van der Waals surface area contributed by atoms with Crippen molar-refractivity contribution in [1.29, 1.82) is 0 Å². The number of imidazole rings is 1. The van der Waals surface area contributed by atoms with Crippen LogP contribution in [0.4, 0.5) is 5.69 Å². The number of fused-ring (bicyclic) bond motifs is 1. The van der Waals surface area contributed by atoms with Gasteiger partial charge in [0, 0.05) is 4.47 Å². The van der Waals surface area contributed by atoms with Crippen LogP contribution in [0.3, 0.4) is 0 Å². The molecule has 0 atom stereocenters. The maximum absolute atomic E-state index is 5.69. The molecule has 0 radical (unpaired) electrons. The smallest absolute Gasteiger partial charge is 0.111 e. The summed E-state index contributed by atoms with van der Waals surface area (Å²) in [7, 11) is 0. The first-order valence-electron chi connectivity index (χ1n) is 3.15. The first-order valence-corrected chi connectivity index (χ1v) is 3.95. The average molecular weight is 212 g/mol. The second kappa shape index (κ2) is 2.23. The largest absolute Gasteiger partial charge is 0.397 e. The van der Waals surface area contributed by atoms with Gasteiger partial charge in [0.25, 0.3) is 0 Å². The van der Waals surface area contributed by atoms with E-state index in [-0.39, 0.29) is 0 Å². The highest BCUT2D eigenvalue weighted by Crippen LogP contribution is 2.22. The Hall–Kier alpha value is -1.03. The van der Waals surface area contributed by atoms with Crippen LogP contribution in [-0.4, -0.2) is 9.97 Å². The SMILES string of the molecule is Nc1cc(Br)cc2[nH]cnc12. The minimum absolute atomic E-state index is 0.690. The highest BCUT2D eigenvalue weighted by atomic mass is 79.9. The van der Waals surface area contributed by atoms with E-state index in [2.05, 4.69) is 25.9 Å². The summed E-state index contributed by atoms with van der Waals surface area (Å²) in [6.45, 7) is 0. The Morgan fingerprint density at radius 2 is 2.27 bits per heavy atom. The summed E-state index contributed by atoms with van der Waals surface area (Å²) in [5.74, 6) is 0. The van der Waals surface area contributed by atoms with Gasteiger partial charge in [-0.05, 0) is 12.1 Å². The molecule has 11 heavy (non-hydrogen) atoms. The van der Waals surface area contributed by atoms with Gasteiger partial charge in [0.1, 0.15) is 5.52 Å². The Balaban J connectivity index is 2.91. The van der Waals surface area contributed by atoms with Crippen LogP contribution < -0.4 is 5.73 Å². The molecule has 56 valence electrons. The number of nitrogens with one attached hydrogen (secondary N) is 1. The molecule has 0 fully saturated rings. The van der Waals surface area contributed by atoms with Gasteiger partial charge < -0.3 is 10.7 Å². The lowest BCUT2D eigenvalue weighted by Crippen LogP contribution is -1.85. The zero-order valence-electron chi connectivity index (χ0n) is 5.63. The molecule has 0 amide bonds. The van der Waals surface area contributed by atoms with Crippen LogP contribution in [0.5, 0.6) is 0 Å². The molecule has 0 aliphatic rings. The standard InChI is InChI=1S/C7H6BrN3/c8-4-1-5(9)7-6(2-4)10-3-11-7/h1-3H,9H2,(H,10,11). The molecule has 3 nitrogen and oxygen atoms in total. The van der Waals surface area contributed by atoms with Crippen LogP contribution >= 0.6 is 15.9 Å². The van der Waals surface area contributed by atoms with Crippen molar-refractivity contribution in [2.75, 3.05) is 5.73 Å². The summed E-state index contributed by atoms with van der Waals surface area (Å²) in [5, 5.41) is 0. The predicted molar refractivity (Wildman–Crippen MR) is 48.2 cm³/mol. The summed E-state index contributed by atoms with van der Waals surface area (Å²) in [5.41, 5.74) is 8.16. The van der Waals surface area contributed by atoms with E-state index < -0.39 is 0 Å². The second-order valence-electron chi connectivity index (χ2n) is 2.29. The number of H-pyrrole nitrogens is 1. The molecule has 0 bridgehead atoms. The number of hydrogen-bond donors (Lipinski definition) is 2. The molecule has 0 aliphatic carbocycles. The topological polar surface area (TPSA) is 54.7 Å². The van der Waals surface area contributed by atoms with Gasteiger partial charge in [-0.15, -0.1) is 0 Å². The van der Waals surface area contributed by atoms with Gasteiger partial charge in [-0.3, -0.25) is 0 Å². The number of hydrogen-bond acceptors (Lipinski definition) is 2. The molecule has 1 heterocycles. The fourth-order valence-corrected chi connectivity index (χ4v) is 1.52. The van der Waals surface area contributed by atoms with Crippen LogP contribution in [0.15, 0.2) is 22.9 Å². The minimum Gasteiger partial charge on any atom is -0.397 e. The zero-order chi connectivity index (χ0) is 7.84. The predicted octanol–water partition coefficient (Wildman–Crippen LogP) is 1.91. The first-order chi connectivity index (χ1) is 5.27. The van der Waals surface area contributed by atoms with Crippen molar-refractivity contribution in [1.82, 2.24) is 9.97 Å². The fourth-order valence-electron chi connectivity index (χ4n) is 1.04. The fraction of sp³-hybridized carbons (Fsp3) is 0. The van der Waals surface area contributed by atoms with Crippen LogP contribution in [-0.2, 0) is 0 Å². The summed E-state index contributed by atoms with van der Waals surface area (Å²) < 4.78 is 0.965. The van der Waals surface area contributed by atoms with Crippen LogP contribution in [0.2, 0.25) is 0 Å². The van der Waals surface area contributed by atoms with Crippen molar-refractivity contribution in [2.45, 2.75) is 0 Å². The lowest BCUT2D eigenvalue weighted by molar-refractivity contribution is 1.34. The van der Waals surface area contributed by atoms with Gasteiger partial charge in [0.2, 0.25) is 0 Å². The summed E-state index contributed by atoms with van der Waals surface area (Å²) in [6, 6.07) is 3.78. The molecule has 0 spiro atoms. The lowest BCUT2D eigenvalue weighted by Gasteiger charge is -1.94. The molecule has 0 saturated heterocycles. The number of rotatable bonds is 0. The number of anilines is 1. The van der Waals surface area contributed by atoms with E-state index in [1.807, 2.05) is 12.1 Å². The first kappa shape index (κ1) is 6.67. The van der Waals surface area contributed by atoms with Crippen molar-refractivity contribution in [2.24, 2.45) is 0 Å². The molecule has 0 saturated carbocycles. The Morgan fingerprint density at radius 1 is 1.45 bits per heavy atom. The van der Waals surface area contributed by atoms with Crippen molar-refractivity contribution in [3.8, 4) is 0 Å². The average Bonchev–Trinajstić information content (AvgIpc) is 2.34. The molecule has 2 aromatic rings. The van der Waals surface area contributed by atoms with Gasteiger partial charge >= 0.3 is 0 Å². The minimum atomic E-state index is 0.690. The van der Waals surface area contributed by atoms with Gasteiger partial charge in [-0.25, -0.2) is 4.98 Å². The Labute approximate surface area is 71.7 Å². The van der Waals surface area contributed by atoms with Gasteiger partial charge in [-0.1, -0.05) is 15.9 Å². The molecule has 1 aromatic heterocycles. The number of aromatic amines is 1. The van der Waals surface area contributed by atoms with Gasteiger partial charge in [0.05, 0.1) is 17.5 Å². The Morgan fingerprint density at radius 3 is 3.09 bits per heavy atom. The Kier molecular flexibility index (Phi) is 1.35. The number of nitrogen functional groups attached to an aromatic ring is 1. The number of halogens is 1. The zero-order valence-corrected chi connectivity index (χ0v) is 7.22. The maximum Gasteiger partial charge on any atom is 0.111 e. The summed E-state index contributed by atoms with van der Waals surface area (Å²) in [4.78, 5) is 7.04. The van der Waals surface area contributed by atoms with E-state index >= 15 is 0 Å². The molecule has 2 rings (SSSR count). The molecule has 4 heteroatoms. The van der Waals surface area contributed by atoms with E-state index in [0.717, 1.165) is 15.5 Å². The van der Waals surface area contributed by atoms with E-state index in [0.29, 0.717) is 5.69 Å². The Bertz CT molecular complexity index is 393.